The van der Waals surface area contributed by atoms with Gasteiger partial charge in [-0.25, -0.2) is 4.79 Å². The number of rotatable bonds is 7. The lowest BCUT2D eigenvalue weighted by molar-refractivity contribution is -0.269. The summed E-state index contributed by atoms with van der Waals surface area (Å²) in [5, 5.41) is 2.03. The summed E-state index contributed by atoms with van der Waals surface area (Å²) in [4.78, 5) is 38.5. The predicted octanol–water partition coefficient (Wildman–Crippen LogP) is 4.09. The van der Waals surface area contributed by atoms with Gasteiger partial charge in [-0.3, -0.25) is 14.7 Å². The first-order valence-corrected chi connectivity index (χ1v) is 8.44. The van der Waals surface area contributed by atoms with E-state index in [2.05, 4.69) is 4.98 Å². The zero-order valence-corrected chi connectivity index (χ0v) is 14.4. The molecule has 0 bridgehead atoms. The summed E-state index contributed by atoms with van der Waals surface area (Å²) in [5.74, 6) is -1.38. The molecule has 0 saturated heterocycles. The molecule has 1 atom stereocenters. The highest BCUT2D eigenvalue weighted by atomic mass is 17.2. The third-order valence-corrected chi connectivity index (χ3v) is 4.10. The van der Waals surface area contributed by atoms with Crippen molar-refractivity contribution in [1.29, 1.82) is 0 Å². The molecule has 3 rings (SSSR count). The zero-order chi connectivity index (χ0) is 18.4. The molecule has 0 N–H and O–H groups in total. The number of fused-ring (bicyclic) bond motifs is 1. The van der Waals surface area contributed by atoms with E-state index < -0.39 is 11.9 Å². The second-order valence-electron chi connectivity index (χ2n) is 5.83. The van der Waals surface area contributed by atoms with Crippen LogP contribution in [0.5, 0.6) is 0 Å². The van der Waals surface area contributed by atoms with Crippen molar-refractivity contribution in [3.8, 4) is 0 Å². The molecule has 0 aliphatic heterocycles. The molecule has 0 radical (unpaired) electrons. The molecule has 0 spiro atoms. The summed E-state index contributed by atoms with van der Waals surface area (Å²) < 4.78 is 0. The summed E-state index contributed by atoms with van der Waals surface area (Å²) in [6, 6.07) is 16.8. The van der Waals surface area contributed by atoms with Gasteiger partial charge in [-0.2, -0.15) is 4.89 Å². The molecule has 0 amide bonds. The number of carbonyl (C=O) groups excluding carboxylic acids is 2. The highest BCUT2D eigenvalue weighted by Gasteiger charge is 2.26. The van der Waals surface area contributed by atoms with Crippen LogP contribution in [0.2, 0.25) is 0 Å². The molecule has 0 fully saturated rings. The Morgan fingerprint density at radius 2 is 1.73 bits per heavy atom. The number of benzene rings is 2. The average Bonchev–Trinajstić information content (AvgIpc) is 2.70. The number of pyridine rings is 1. The summed E-state index contributed by atoms with van der Waals surface area (Å²) in [5.41, 5.74) is 1.27. The zero-order valence-electron chi connectivity index (χ0n) is 14.4. The Kier molecular flexibility index (Phi) is 5.71. The van der Waals surface area contributed by atoms with Gasteiger partial charge in [-0.15, -0.1) is 0 Å². The van der Waals surface area contributed by atoms with Crippen LogP contribution in [0, 0.1) is 0 Å². The minimum atomic E-state index is -0.660. The number of Topliss-reactive ketones (excluding diaryl/α,β-unsaturated/α-hetero) is 1. The number of carbonyl (C=O) groups is 2. The molecule has 1 aromatic heterocycles. The van der Waals surface area contributed by atoms with E-state index in [0.717, 1.165) is 10.8 Å². The van der Waals surface area contributed by atoms with E-state index in [4.69, 9.17) is 9.78 Å². The third-order valence-electron chi connectivity index (χ3n) is 4.10. The summed E-state index contributed by atoms with van der Waals surface area (Å²) >= 11 is 0. The Balaban J connectivity index is 1.91. The standard InChI is InChI=1S/C21H19NO4/c1-2-25-26-20(23)14-19(16-9-11-22-12-10-16)21(24)18-8-7-15-5-3-4-6-17(15)13-18/h3-13,19H,2,14H2,1H3. The lowest BCUT2D eigenvalue weighted by Crippen LogP contribution is -2.19. The Bertz CT molecular complexity index is 908. The van der Waals surface area contributed by atoms with Crippen LogP contribution in [0.1, 0.15) is 35.2 Å². The molecule has 1 heterocycles. The van der Waals surface area contributed by atoms with E-state index >= 15 is 0 Å². The van der Waals surface area contributed by atoms with Crippen molar-refractivity contribution in [2.24, 2.45) is 0 Å². The van der Waals surface area contributed by atoms with Crippen molar-refractivity contribution in [1.82, 2.24) is 4.98 Å². The maximum atomic E-state index is 13.1. The average molecular weight is 349 g/mol. The monoisotopic (exact) mass is 349 g/mol. The van der Waals surface area contributed by atoms with Gasteiger partial charge < -0.3 is 0 Å². The van der Waals surface area contributed by atoms with E-state index in [1.54, 1.807) is 37.5 Å². The van der Waals surface area contributed by atoms with Crippen LogP contribution in [0.15, 0.2) is 67.0 Å². The predicted molar refractivity (Wildman–Crippen MR) is 97.6 cm³/mol. The maximum absolute atomic E-state index is 13.1. The van der Waals surface area contributed by atoms with Gasteiger partial charge >= 0.3 is 5.97 Å². The quantitative estimate of drug-likeness (QED) is 0.365. The fraction of sp³-hybridized carbons (Fsp3) is 0.190. The van der Waals surface area contributed by atoms with Gasteiger partial charge in [0.25, 0.3) is 0 Å². The van der Waals surface area contributed by atoms with Crippen LogP contribution in [-0.4, -0.2) is 23.3 Å². The molecule has 26 heavy (non-hydrogen) atoms. The molecule has 5 heteroatoms. The molecule has 3 aromatic rings. The second-order valence-corrected chi connectivity index (χ2v) is 5.83. The molecule has 0 aliphatic rings. The van der Waals surface area contributed by atoms with Gasteiger partial charge in [0.2, 0.25) is 0 Å². The maximum Gasteiger partial charge on any atom is 0.343 e. The lowest BCUT2D eigenvalue weighted by Gasteiger charge is -2.15. The van der Waals surface area contributed by atoms with Crippen molar-refractivity contribution >= 4 is 22.5 Å². The highest BCUT2D eigenvalue weighted by Crippen LogP contribution is 2.26. The number of aromatic nitrogens is 1. The van der Waals surface area contributed by atoms with Crippen molar-refractivity contribution in [2.45, 2.75) is 19.3 Å². The summed E-state index contributed by atoms with van der Waals surface area (Å²) in [7, 11) is 0. The smallest absolute Gasteiger partial charge is 0.298 e. The molecule has 0 saturated carbocycles. The van der Waals surface area contributed by atoms with E-state index in [0.29, 0.717) is 11.1 Å². The minimum absolute atomic E-state index is 0.102. The van der Waals surface area contributed by atoms with Crippen LogP contribution in [0.4, 0.5) is 0 Å². The van der Waals surface area contributed by atoms with Gasteiger partial charge in [-0.05, 0) is 41.5 Å². The molecule has 132 valence electrons. The van der Waals surface area contributed by atoms with E-state index in [1.807, 2.05) is 36.4 Å². The van der Waals surface area contributed by atoms with Crippen LogP contribution in [0.25, 0.3) is 10.8 Å². The number of hydrogen-bond donors (Lipinski definition) is 0. The number of hydrogen-bond acceptors (Lipinski definition) is 5. The van der Waals surface area contributed by atoms with Crippen molar-refractivity contribution in [3.05, 3.63) is 78.1 Å². The minimum Gasteiger partial charge on any atom is -0.298 e. The Morgan fingerprint density at radius 1 is 1.00 bits per heavy atom. The van der Waals surface area contributed by atoms with Crippen molar-refractivity contribution < 1.29 is 19.4 Å². The summed E-state index contributed by atoms with van der Waals surface area (Å²) in [6.45, 7) is 1.97. The van der Waals surface area contributed by atoms with Gasteiger partial charge in [0, 0.05) is 18.0 Å². The molecular weight excluding hydrogens is 330 g/mol. The van der Waals surface area contributed by atoms with Crippen LogP contribution < -0.4 is 0 Å². The second kappa shape index (κ2) is 8.36. The van der Waals surface area contributed by atoms with Gasteiger partial charge in [0.1, 0.15) is 0 Å². The Morgan fingerprint density at radius 3 is 2.46 bits per heavy atom. The SMILES string of the molecule is CCOOC(=O)CC(C(=O)c1ccc2ccccc2c1)c1ccncc1. The Labute approximate surface area is 151 Å². The number of ketones is 1. The van der Waals surface area contributed by atoms with Crippen LogP contribution in [-0.2, 0) is 14.6 Å². The normalized spacial score (nSPS) is 11.9. The van der Waals surface area contributed by atoms with Gasteiger partial charge in [0.15, 0.2) is 5.78 Å². The lowest BCUT2D eigenvalue weighted by atomic mass is 9.88. The fourth-order valence-electron chi connectivity index (χ4n) is 2.83. The Hall–Kier alpha value is -3.05. The topological polar surface area (TPSA) is 65.5 Å². The van der Waals surface area contributed by atoms with Crippen LogP contribution in [0.3, 0.4) is 0 Å². The van der Waals surface area contributed by atoms with E-state index in [1.165, 1.54) is 0 Å². The number of nitrogens with zero attached hydrogens (tertiary/aromatic N) is 1. The summed E-state index contributed by atoms with van der Waals surface area (Å²) in [6.07, 6.45) is 3.10. The first kappa shape index (κ1) is 17.8. The van der Waals surface area contributed by atoms with Crippen LogP contribution >= 0.6 is 0 Å². The first-order chi connectivity index (χ1) is 12.7. The van der Waals surface area contributed by atoms with Crippen molar-refractivity contribution in [3.63, 3.8) is 0 Å². The molecular formula is C21H19NO4. The largest absolute Gasteiger partial charge is 0.343 e. The fourth-order valence-corrected chi connectivity index (χ4v) is 2.83. The van der Waals surface area contributed by atoms with E-state index in [-0.39, 0.29) is 18.8 Å². The third kappa shape index (κ3) is 4.13. The van der Waals surface area contributed by atoms with Gasteiger partial charge in [0.05, 0.1) is 18.9 Å². The molecule has 1 unspecified atom stereocenters. The molecule has 5 nitrogen and oxygen atoms in total. The molecule has 2 aromatic carbocycles. The van der Waals surface area contributed by atoms with E-state index in [9.17, 15) is 9.59 Å². The molecule has 0 aliphatic carbocycles. The first-order valence-electron chi connectivity index (χ1n) is 8.44. The van der Waals surface area contributed by atoms with Gasteiger partial charge in [-0.1, -0.05) is 36.4 Å². The van der Waals surface area contributed by atoms with Crippen molar-refractivity contribution in [2.75, 3.05) is 6.61 Å². The highest BCUT2D eigenvalue weighted by molar-refractivity contribution is 6.05.